The average Bonchev–Trinajstić information content (AvgIpc) is 3.14. The molecule has 0 aromatic carbocycles. The number of hydrogen-bond donors (Lipinski definition) is 0. The van der Waals surface area contributed by atoms with E-state index in [9.17, 15) is 14.4 Å². The Morgan fingerprint density at radius 1 is 0.382 bits per heavy atom. The lowest BCUT2D eigenvalue weighted by atomic mass is 10.0. The van der Waals surface area contributed by atoms with Crippen molar-refractivity contribution in [3.05, 3.63) is 0 Å². The standard InChI is InChI=1S/C47H92N2O6/c1-7-9-11-13-15-19-25-33-43(54-46(51)38-31-40-48(3)4)35-27-21-17-23-29-37-45(50)53-42-30-24-18-22-28-36-44(34-26-20-16-14-12-10-8-2)55-47(52)39-32-41-49(5)6/h43-44H,7-42H2,1-6H3. The number of hydrogen-bond acceptors (Lipinski definition) is 8. The predicted molar refractivity (Wildman–Crippen MR) is 232 cm³/mol. The molecule has 0 saturated heterocycles. The SMILES string of the molecule is CCCCCCCCCC(CCCCCCCOC(=O)CCCCCCCC(CCCCCCCCC)OC(=O)CCCN(C)C)OC(=O)CCCN(C)C. The van der Waals surface area contributed by atoms with Crippen LogP contribution in [0.25, 0.3) is 0 Å². The molecule has 0 aliphatic carbocycles. The Balaban J connectivity index is 4.14. The molecule has 0 aliphatic rings. The van der Waals surface area contributed by atoms with Crippen molar-refractivity contribution in [3.8, 4) is 0 Å². The first-order valence-corrected chi connectivity index (χ1v) is 23.5. The molecule has 0 rings (SSSR count). The smallest absolute Gasteiger partial charge is 0.306 e. The molecule has 0 heterocycles. The number of carbonyl (C=O) groups excluding carboxylic acids is 3. The third-order valence-electron chi connectivity index (χ3n) is 10.7. The van der Waals surface area contributed by atoms with E-state index in [2.05, 4.69) is 23.6 Å². The van der Waals surface area contributed by atoms with Gasteiger partial charge in [0.25, 0.3) is 0 Å². The van der Waals surface area contributed by atoms with Crippen LogP contribution in [0.4, 0.5) is 0 Å². The minimum Gasteiger partial charge on any atom is -0.466 e. The third-order valence-corrected chi connectivity index (χ3v) is 10.7. The van der Waals surface area contributed by atoms with Crippen LogP contribution in [0.2, 0.25) is 0 Å². The van der Waals surface area contributed by atoms with Crippen molar-refractivity contribution in [1.29, 1.82) is 0 Å². The molecule has 0 aromatic heterocycles. The highest BCUT2D eigenvalue weighted by molar-refractivity contribution is 5.70. The minimum atomic E-state index is -0.0726. The van der Waals surface area contributed by atoms with Gasteiger partial charge in [-0.25, -0.2) is 0 Å². The van der Waals surface area contributed by atoms with E-state index in [0.29, 0.717) is 25.9 Å². The molecule has 0 aromatic rings. The van der Waals surface area contributed by atoms with Gasteiger partial charge in [0, 0.05) is 19.3 Å². The van der Waals surface area contributed by atoms with Crippen molar-refractivity contribution in [2.45, 2.75) is 238 Å². The number of esters is 3. The highest BCUT2D eigenvalue weighted by Crippen LogP contribution is 2.20. The van der Waals surface area contributed by atoms with Crippen LogP contribution in [0.15, 0.2) is 0 Å². The van der Waals surface area contributed by atoms with Gasteiger partial charge < -0.3 is 24.0 Å². The van der Waals surface area contributed by atoms with Gasteiger partial charge in [0.2, 0.25) is 0 Å². The minimum absolute atomic E-state index is 0.0413. The van der Waals surface area contributed by atoms with Crippen LogP contribution < -0.4 is 0 Å². The fraction of sp³-hybridized carbons (Fsp3) is 0.936. The summed E-state index contributed by atoms with van der Waals surface area (Å²) in [4.78, 5) is 41.5. The molecule has 2 unspecified atom stereocenters. The second-order valence-electron chi connectivity index (χ2n) is 16.9. The zero-order valence-electron chi connectivity index (χ0n) is 37.5. The Labute approximate surface area is 341 Å². The van der Waals surface area contributed by atoms with Crippen LogP contribution >= 0.6 is 0 Å². The van der Waals surface area contributed by atoms with Gasteiger partial charge in [0.1, 0.15) is 12.2 Å². The summed E-state index contributed by atoms with van der Waals surface area (Å²) in [6.07, 6.45) is 35.5. The van der Waals surface area contributed by atoms with Crippen molar-refractivity contribution < 1.29 is 28.6 Å². The molecule has 0 radical (unpaired) electrons. The number of ether oxygens (including phenoxy) is 3. The van der Waals surface area contributed by atoms with Crippen molar-refractivity contribution in [2.75, 3.05) is 47.9 Å². The highest BCUT2D eigenvalue weighted by Gasteiger charge is 2.16. The average molecular weight is 781 g/mol. The van der Waals surface area contributed by atoms with Crippen LogP contribution in [0.3, 0.4) is 0 Å². The van der Waals surface area contributed by atoms with Crippen LogP contribution in [-0.4, -0.2) is 87.8 Å². The number of carbonyl (C=O) groups is 3. The first-order valence-electron chi connectivity index (χ1n) is 23.5. The lowest BCUT2D eigenvalue weighted by Gasteiger charge is -2.18. The van der Waals surface area contributed by atoms with E-state index < -0.39 is 0 Å². The van der Waals surface area contributed by atoms with E-state index in [1.807, 2.05) is 28.2 Å². The Hall–Kier alpha value is -1.67. The Morgan fingerprint density at radius 2 is 0.691 bits per heavy atom. The fourth-order valence-corrected chi connectivity index (χ4v) is 7.19. The normalized spacial score (nSPS) is 12.7. The summed E-state index contributed by atoms with van der Waals surface area (Å²) >= 11 is 0. The third kappa shape index (κ3) is 40.3. The first-order chi connectivity index (χ1) is 26.7. The summed E-state index contributed by atoms with van der Waals surface area (Å²) in [5.41, 5.74) is 0. The van der Waals surface area contributed by atoms with Crippen LogP contribution in [-0.2, 0) is 28.6 Å². The van der Waals surface area contributed by atoms with Gasteiger partial charge in [0.05, 0.1) is 6.61 Å². The highest BCUT2D eigenvalue weighted by atomic mass is 16.5. The second kappa shape index (κ2) is 40.5. The lowest BCUT2D eigenvalue weighted by molar-refractivity contribution is -0.151. The van der Waals surface area contributed by atoms with E-state index in [1.165, 1.54) is 77.0 Å². The van der Waals surface area contributed by atoms with Crippen molar-refractivity contribution in [2.24, 2.45) is 0 Å². The predicted octanol–water partition coefficient (Wildman–Crippen LogP) is 12.4. The quantitative estimate of drug-likeness (QED) is 0.0344. The molecular formula is C47H92N2O6. The fourth-order valence-electron chi connectivity index (χ4n) is 7.19. The summed E-state index contributed by atoms with van der Waals surface area (Å²) in [6.45, 7) is 6.84. The molecule has 2 atom stereocenters. The summed E-state index contributed by atoms with van der Waals surface area (Å²) < 4.78 is 17.4. The molecule has 55 heavy (non-hydrogen) atoms. The molecule has 8 heteroatoms. The molecule has 0 saturated carbocycles. The maximum Gasteiger partial charge on any atom is 0.306 e. The number of unbranched alkanes of at least 4 members (excludes halogenated alkanes) is 20. The zero-order chi connectivity index (χ0) is 40.6. The van der Waals surface area contributed by atoms with Gasteiger partial charge >= 0.3 is 17.9 Å². The van der Waals surface area contributed by atoms with Gasteiger partial charge in [-0.1, -0.05) is 129 Å². The topological polar surface area (TPSA) is 85.4 Å². The second-order valence-corrected chi connectivity index (χ2v) is 16.9. The summed E-state index contributed by atoms with van der Waals surface area (Å²) in [7, 11) is 8.14. The van der Waals surface area contributed by atoms with Gasteiger partial charge in [-0.05, 0) is 118 Å². The summed E-state index contributed by atoms with van der Waals surface area (Å²) in [5, 5.41) is 0. The molecule has 0 bridgehead atoms. The molecule has 0 spiro atoms. The van der Waals surface area contributed by atoms with E-state index in [0.717, 1.165) is 129 Å². The molecule has 0 fully saturated rings. The molecule has 0 amide bonds. The lowest BCUT2D eigenvalue weighted by Crippen LogP contribution is -2.20. The Kier molecular flexibility index (Phi) is 39.3. The van der Waals surface area contributed by atoms with E-state index in [-0.39, 0.29) is 30.1 Å². The van der Waals surface area contributed by atoms with Gasteiger partial charge in [-0.15, -0.1) is 0 Å². The number of rotatable bonds is 42. The largest absolute Gasteiger partial charge is 0.466 e. The van der Waals surface area contributed by atoms with E-state index >= 15 is 0 Å². The maximum atomic E-state index is 12.5. The molecule has 8 nitrogen and oxygen atoms in total. The van der Waals surface area contributed by atoms with Crippen LogP contribution in [0, 0.1) is 0 Å². The van der Waals surface area contributed by atoms with Crippen LogP contribution in [0.1, 0.15) is 226 Å². The Morgan fingerprint density at radius 3 is 1.05 bits per heavy atom. The van der Waals surface area contributed by atoms with E-state index in [4.69, 9.17) is 14.2 Å². The zero-order valence-corrected chi connectivity index (χ0v) is 37.5. The first kappa shape index (κ1) is 53.3. The number of nitrogens with zero attached hydrogens (tertiary/aromatic N) is 2. The molecule has 326 valence electrons. The summed E-state index contributed by atoms with van der Waals surface area (Å²) in [6, 6.07) is 0. The van der Waals surface area contributed by atoms with Gasteiger partial charge in [-0.2, -0.15) is 0 Å². The Bertz CT molecular complexity index is 866. The van der Waals surface area contributed by atoms with Crippen molar-refractivity contribution in [1.82, 2.24) is 9.80 Å². The maximum absolute atomic E-state index is 12.5. The van der Waals surface area contributed by atoms with Crippen molar-refractivity contribution >= 4 is 17.9 Å². The molecule has 0 N–H and O–H groups in total. The molecular weight excluding hydrogens is 689 g/mol. The van der Waals surface area contributed by atoms with Gasteiger partial charge in [-0.3, -0.25) is 14.4 Å². The van der Waals surface area contributed by atoms with Crippen LogP contribution in [0.5, 0.6) is 0 Å². The monoisotopic (exact) mass is 781 g/mol. The van der Waals surface area contributed by atoms with Gasteiger partial charge in [0.15, 0.2) is 0 Å². The summed E-state index contributed by atoms with van der Waals surface area (Å²) in [5.74, 6) is -0.158. The van der Waals surface area contributed by atoms with E-state index in [1.54, 1.807) is 0 Å². The van der Waals surface area contributed by atoms with Crippen molar-refractivity contribution in [3.63, 3.8) is 0 Å². The molecule has 0 aliphatic heterocycles.